The normalized spacial score (nSPS) is 20.6. The van der Waals surface area contributed by atoms with E-state index in [1.165, 1.54) is 0 Å². The highest BCUT2D eigenvalue weighted by atomic mass is 16.5. The number of morpholine rings is 1. The summed E-state index contributed by atoms with van der Waals surface area (Å²) in [6, 6.07) is 0. The molecule has 114 valence electrons. The van der Waals surface area contributed by atoms with Crippen LogP contribution in [0.15, 0.2) is 12.4 Å². The number of likely N-dealkylation sites (tertiary alicyclic amines) is 1. The number of carbonyl (C=O) groups is 1. The van der Waals surface area contributed by atoms with E-state index in [9.17, 15) is 4.79 Å². The van der Waals surface area contributed by atoms with Gasteiger partial charge in [-0.3, -0.25) is 9.78 Å². The molecular formula is C15H22N4O2. The molecule has 21 heavy (non-hydrogen) atoms. The van der Waals surface area contributed by atoms with Crippen LogP contribution >= 0.6 is 0 Å². The second-order valence-corrected chi connectivity index (χ2v) is 5.68. The number of piperidine rings is 1. The van der Waals surface area contributed by atoms with Crippen LogP contribution in [0.2, 0.25) is 0 Å². The second-order valence-electron chi connectivity index (χ2n) is 5.68. The van der Waals surface area contributed by atoms with Crippen LogP contribution in [0.25, 0.3) is 0 Å². The van der Waals surface area contributed by atoms with Crippen LogP contribution in [-0.2, 0) is 9.53 Å². The maximum Gasteiger partial charge on any atom is 0.219 e. The fraction of sp³-hybridized carbons (Fsp3) is 0.667. The molecule has 1 aromatic heterocycles. The third-order valence-corrected chi connectivity index (χ3v) is 4.33. The zero-order valence-corrected chi connectivity index (χ0v) is 12.5. The lowest BCUT2D eigenvalue weighted by molar-refractivity contribution is -0.129. The molecule has 1 amide bonds. The van der Waals surface area contributed by atoms with Crippen LogP contribution in [0.1, 0.15) is 31.4 Å². The lowest BCUT2D eigenvalue weighted by Crippen LogP contribution is -2.38. The maximum atomic E-state index is 11.4. The molecule has 3 heterocycles. The van der Waals surface area contributed by atoms with Crippen LogP contribution in [0.5, 0.6) is 0 Å². The maximum absolute atomic E-state index is 11.4. The van der Waals surface area contributed by atoms with E-state index in [-0.39, 0.29) is 5.91 Å². The smallest absolute Gasteiger partial charge is 0.219 e. The zero-order valence-electron chi connectivity index (χ0n) is 12.5. The van der Waals surface area contributed by atoms with E-state index in [0.717, 1.165) is 63.7 Å². The molecule has 6 heteroatoms. The van der Waals surface area contributed by atoms with E-state index in [1.807, 2.05) is 17.3 Å². The average Bonchev–Trinajstić information content (AvgIpc) is 2.56. The van der Waals surface area contributed by atoms with Gasteiger partial charge in [-0.2, -0.15) is 0 Å². The van der Waals surface area contributed by atoms with Crippen molar-refractivity contribution in [1.29, 1.82) is 0 Å². The van der Waals surface area contributed by atoms with Crippen LogP contribution in [-0.4, -0.2) is 60.2 Å². The quantitative estimate of drug-likeness (QED) is 0.814. The molecule has 0 radical (unpaired) electrons. The Morgan fingerprint density at radius 2 is 1.90 bits per heavy atom. The molecule has 0 aromatic carbocycles. The summed E-state index contributed by atoms with van der Waals surface area (Å²) in [7, 11) is 0. The van der Waals surface area contributed by atoms with E-state index in [0.29, 0.717) is 5.92 Å². The third kappa shape index (κ3) is 3.32. The van der Waals surface area contributed by atoms with Gasteiger partial charge in [-0.25, -0.2) is 4.98 Å². The first-order valence-corrected chi connectivity index (χ1v) is 7.64. The molecule has 2 aliphatic rings. The first-order chi connectivity index (χ1) is 10.2. The van der Waals surface area contributed by atoms with Gasteiger partial charge in [0.2, 0.25) is 5.91 Å². The summed E-state index contributed by atoms with van der Waals surface area (Å²) in [5, 5.41) is 0. The van der Waals surface area contributed by atoms with Gasteiger partial charge in [0.1, 0.15) is 5.82 Å². The Hall–Kier alpha value is -1.69. The number of ether oxygens (including phenoxy) is 1. The molecule has 0 unspecified atom stereocenters. The third-order valence-electron chi connectivity index (χ3n) is 4.33. The van der Waals surface area contributed by atoms with E-state index >= 15 is 0 Å². The Bertz CT molecular complexity index is 494. The summed E-state index contributed by atoms with van der Waals surface area (Å²) in [4.78, 5) is 24.7. The van der Waals surface area contributed by atoms with Crippen LogP contribution in [0.4, 0.5) is 5.82 Å². The van der Waals surface area contributed by atoms with Gasteiger partial charge in [0.25, 0.3) is 0 Å². The Balaban J connectivity index is 1.67. The minimum absolute atomic E-state index is 0.168. The van der Waals surface area contributed by atoms with Crippen molar-refractivity contribution in [2.24, 2.45) is 0 Å². The predicted molar refractivity (Wildman–Crippen MR) is 79.3 cm³/mol. The van der Waals surface area contributed by atoms with Gasteiger partial charge in [-0.15, -0.1) is 0 Å². The fourth-order valence-corrected chi connectivity index (χ4v) is 3.00. The minimum Gasteiger partial charge on any atom is -0.378 e. The average molecular weight is 290 g/mol. The molecule has 3 rings (SSSR count). The van der Waals surface area contributed by atoms with Crippen LogP contribution in [0.3, 0.4) is 0 Å². The lowest BCUT2D eigenvalue weighted by Gasteiger charge is -2.32. The Morgan fingerprint density at radius 1 is 1.19 bits per heavy atom. The molecule has 0 saturated carbocycles. The van der Waals surface area contributed by atoms with Gasteiger partial charge in [0, 0.05) is 45.2 Å². The van der Waals surface area contributed by atoms with E-state index in [1.54, 1.807) is 6.92 Å². The van der Waals surface area contributed by atoms with Crippen molar-refractivity contribution in [2.75, 3.05) is 44.3 Å². The van der Waals surface area contributed by atoms with E-state index in [4.69, 9.17) is 9.72 Å². The Morgan fingerprint density at radius 3 is 2.57 bits per heavy atom. The van der Waals surface area contributed by atoms with Gasteiger partial charge in [-0.05, 0) is 12.8 Å². The largest absolute Gasteiger partial charge is 0.378 e. The molecule has 1 aromatic rings. The number of nitrogens with zero attached hydrogens (tertiary/aromatic N) is 4. The zero-order chi connectivity index (χ0) is 14.7. The molecular weight excluding hydrogens is 268 g/mol. The first-order valence-electron chi connectivity index (χ1n) is 7.64. The molecule has 0 aliphatic carbocycles. The first kappa shape index (κ1) is 14.3. The minimum atomic E-state index is 0.168. The monoisotopic (exact) mass is 290 g/mol. The van der Waals surface area contributed by atoms with Crippen molar-refractivity contribution in [3.63, 3.8) is 0 Å². The SMILES string of the molecule is CC(=O)N1CCC(c2cncc(N3CCOCC3)n2)CC1. The van der Waals surface area contributed by atoms with Crippen molar-refractivity contribution in [3.8, 4) is 0 Å². The number of anilines is 1. The molecule has 0 atom stereocenters. The predicted octanol–water partition coefficient (Wildman–Crippen LogP) is 1.04. The standard InChI is InChI=1S/C15H22N4O2/c1-12(20)18-4-2-13(3-5-18)14-10-16-11-15(17-14)19-6-8-21-9-7-19/h10-11,13H,2-9H2,1H3. The second kappa shape index (κ2) is 6.39. The molecule has 0 bridgehead atoms. The number of carbonyl (C=O) groups excluding carboxylic acids is 1. The van der Waals surface area contributed by atoms with Gasteiger partial charge in [0.15, 0.2) is 0 Å². The lowest BCUT2D eigenvalue weighted by atomic mass is 9.94. The topological polar surface area (TPSA) is 58.6 Å². The molecule has 2 saturated heterocycles. The van der Waals surface area contributed by atoms with Gasteiger partial charge < -0.3 is 14.5 Å². The highest BCUT2D eigenvalue weighted by Crippen LogP contribution is 2.27. The van der Waals surface area contributed by atoms with Crippen LogP contribution in [0, 0.1) is 0 Å². The molecule has 0 spiro atoms. The van der Waals surface area contributed by atoms with Crippen molar-refractivity contribution in [1.82, 2.24) is 14.9 Å². The van der Waals surface area contributed by atoms with Crippen molar-refractivity contribution in [2.45, 2.75) is 25.7 Å². The van der Waals surface area contributed by atoms with E-state index < -0.39 is 0 Å². The summed E-state index contributed by atoms with van der Waals surface area (Å²) in [6.07, 6.45) is 5.65. The highest BCUT2D eigenvalue weighted by Gasteiger charge is 2.24. The molecule has 2 fully saturated rings. The van der Waals surface area contributed by atoms with Crippen molar-refractivity contribution < 1.29 is 9.53 Å². The summed E-state index contributed by atoms with van der Waals surface area (Å²) in [6.45, 7) is 6.54. The molecule has 6 nitrogen and oxygen atoms in total. The number of hydrogen-bond donors (Lipinski definition) is 0. The molecule has 2 aliphatic heterocycles. The van der Waals surface area contributed by atoms with Gasteiger partial charge in [-0.1, -0.05) is 0 Å². The summed E-state index contributed by atoms with van der Waals surface area (Å²) < 4.78 is 5.37. The number of rotatable bonds is 2. The fourth-order valence-electron chi connectivity index (χ4n) is 3.00. The number of amides is 1. The highest BCUT2D eigenvalue weighted by molar-refractivity contribution is 5.73. The summed E-state index contributed by atoms with van der Waals surface area (Å²) in [5.41, 5.74) is 1.06. The van der Waals surface area contributed by atoms with Crippen molar-refractivity contribution >= 4 is 11.7 Å². The van der Waals surface area contributed by atoms with Gasteiger partial charge in [0.05, 0.1) is 25.1 Å². The Kier molecular flexibility index (Phi) is 4.34. The van der Waals surface area contributed by atoms with E-state index in [2.05, 4.69) is 9.88 Å². The van der Waals surface area contributed by atoms with Crippen molar-refractivity contribution in [3.05, 3.63) is 18.1 Å². The summed E-state index contributed by atoms with van der Waals surface area (Å²) in [5.74, 6) is 1.53. The number of aromatic nitrogens is 2. The number of hydrogen-bond acceptors (Lipinski definition) is 5. The molecule has 0 N–H and O–H groups in total. The van der Waals surface area contributed by atoms with Gasteiger partial charge >= 0.3 is 0 Å². The summed E-state index contributed by atoms with van der Waals surface area (Å²) >= 11 is 0. The van der Waals surface area contributed by atoms with Crippen LogP contribution < -0.4 is 4.90 Å². The Labute approximate surface area is 125 Å².